The molecule has 3 heteroatoms. The average Bonchev–Trinajstić information content (AvgIpc) is 2.07. The van der Waals surface area contributed by atoms with Gasteiger partial charge in [0.25, 0.3) is 0 Å². The van der Waals surface area contributed by atoms with E-state index in [-0.39, 0.29) is 11.7 Å². The van der Waals surface area contributed by atoms with Crippen molar-refractivity contribution in [2.75, 3.05) is 0 Å². The van der Waals surface area contributed by atoms with Crippen LogP contribution in [0.2, 0.25) is 0 Å². The lowest BCUT2D eigenvalue weighted by atomic mass is 9.98. The van der Waals surface area contributed by atoms with Gasteiger partial charge in [0.2, 0.25) is 0 Å². The van der Waals surface area contributed by atoms with E-state index in [1.807, 2.05) is 13.0 Å². The van der Waals surface area contributed by atoms with Gasteiger partial charge in [-0.2, -0.15) is 10.2 Å². The summed E-state index contributed by atoms with van der Waals surface area (Å²) in [4.78, 5) is 11.1. The number of hydrogen-bond acceptors (Lipinski definition) is 3. The first kappa shape index (κ1) is 8.84. The predicted molar refractivity (Wildman–Crippen MR) is 45.7 cm³/mol. The van der Waals surface area contributed by atoms with Crippen LogP contribution in [0.5, 0.6) is 0 Å². The molecule has 64 valence electrons. The lowest BCUT2D eigenvalue weighted by Gasteiger charge is -2.08. The molecule has 0 saturated carbocycles. The zero-order chi connectivity index (χ0) is 8.97. The number of nitrogens with zero attached hydrogens (tertiary/aromatic N) is 2. The summed E-state index contributed by atoms with van der Waals surface area (Å²) in [5.41, 5.74) is 0.771. The highest BCUT2D eigenvalue weighted by atomic mass is 16.1. The first-order valence-corrected chi connectivity index (χ1v) is 4.03. The standard InChI is InChI=1S/C9H12N2O/c1-3-8(7(2)12)9-5-4-6-10-11-9/h4-6,8H,3H2,1-2H3. The summed E-state index contributed by atoms with van der Waals surface area (Å²) in [7, 11) is 0. The van der Waals surface area contributed by atoms with Gasteiger partial charge in [0.1, 0.15) is 5.78 Å². The van der Waals surface area contributed by atoms with Crippen LogP contribution in [0.3, 0.4) is 0 Å². The first-order valence-electron chi connectivity index (χ1n) is 4.03. The first-order chi connectivity index (χ1) is 5.75. The minimum absolute atomic E-state index is 0.0845. The maximum absolute atomic E-state index is 11.1. The summed E-state index contributed by atoms with van der Waals surface area (Å²) in [6, 6.07) is 3.64. The lowest BCUT2D eigenvalue weighted by molar-refractivity contribution is -0.118. The molecule has 1 aromatic rings. The van der Waals surface area contributed by atoms with Gasteiger partial charge in [0.15, 0.2) is 0 Å². The molecule has 1 aromatic heterocycles. The fourth-order valence-electron chi connectivity index (χ4n) is 1.20. The van der Waals surface area contributed by atoms with Crippen LogP contribution >= 0.6 is 0 Å². The number of Topliss-reactive ketones (excluding diaryl/α,β-unsaturated/α-hetero) is 1. The number of carbonyl (C=O) groups excluding carboxylic acids is 1. The van der Waals surface area contributed by atoms with Crippen molar-refractivity contribution in [1.29, 1.82) is 0 Å². The van der Waals surface area contributed by atoms with Crippen molar-refractivity contribution in [3.8, 4) is 0 Å². The van der Waals surface area contributed by atoms with Crippen molar-refractivity contribution in [2.45, 2.75) is 26.2 Å². The molecule has 3 nitrogen and oxygen atoms in total. The Bertz CT molecular complexity index is 258. The van der Waals surface area contributed by atoms with Gasteiger partial charge in [-0.25, -0.2) is 0 Å². The van der Waals surface area contributed by atoms with Crippen molar-refractivity contribution in [1.82, 2.24) is 10.2 Å². The van der Waals surface area contributed by atoms with Gasteiger partial charge in [0.05, 0.1) is 11.6 Å². The summed E-state index contributed by atoms with van der Waals surface area (Å²) in [5.74, 6) is 0.0664. The molecule has 0 amide bonds. The second-order valence-corrected chi connectivity index (χ2v) is 2.72. The number of rotatable bonds is 3. The molecule has 0 aliphatic heterocycles. The molecule has 0 spiro atoms. The molecular formula is C9H12N2O. The Morgan fingerprint density at radius 1 is 1.67 bits per heavy atom. The van der Waals surface area contributed by atoms with E-state index in [0.717, 1.165) is 12.1 Å². The van der Waals surface area contributed by atoms with E-state index in [2.05, 4.69) is 10.2 Å². The zero-order valence-electron chi connectivity index (χ0n) is 7.32. The molecule has 0 N–H and O–H groups in total. The third kappa shape index (κ3) is 1.87. The van der Waals surface area contributed by atoms with Crippen molar-refractivity contribution in [2.24, 2.45) is 0 Å². The molecule has 1 rings (SSSR count). The Hall–Kier alpha value is -1.25. The lowest BCUT2D eigenvalue weighted by Crippen LogP contribution is -2.09. The molecule has 0 saturated heterocycles. The van der Waals surface area contributed by atoms with E-state index in [1.165, 1.54) is 0 Å². The minimum Gasteiger partial charge on any atom is -0.299 e. The van der Waals surface area contributed by atoms with E-state index in [4.69, 9.17) is 0 Å². The normalized spacial score (nSPS) is 12.5. The van der Waals surface area contributed by atoms with Crippen LogP contribution < -0.4 is 0 Å². The fraction of sp³-hybridized carbons (Fsp3) is 0.444. The van der Waals surface area contributed by atoms with Crippen molar-refractivity contribution < 1.29 is 4.79 Å². The van der Waals surface area contributed by atoms with Crippen molar-refractivity contribution in [3.63, 3.8) is 0 Å². The highest BCUT2D eigenvalue weighted by molar-refractivity contribution is 5.82. The van der Waals surface area contributed by atoms with E-state index in [9.17, 15) is 4.79 Å². The third-order valence-corrected chi connectivity index (χ3v) is 1.85. The molecule has 0 radical (unpaired) electrons. The molecule has 1 atom stereocenters. The van der Waals surface area contributed by atoms with Crippen molar-refractivity contribution in [3.05, 3.63) is 24.0 Å². The zero-order valence-corrected chi connectivity index (χ0v) is 7.32. The van der Waals surface area contributed by atoms with Gasteiger partial charge >= 0.3 is 0 Å². The molecule has 0 aliphatic carbocycles. The predicted octanol–water partition coefficient (Wildman–Crippen LogP) is 1.56. The summed E-state index contributed by atoms with van der Waals surface area (Å²) in [5, 5.41) is 7.63. The van der Waals surface area contributed by atoms with Crippen LogP contribution in [-0.4, -0.2) is 16.0 Å². The maximum atomic E-state index is 11.1. The smallest absolute Gasteiger partial charge is 0.138 e. The highest BCUT2D eigenvalue weighted by Gasteiger charge is 2.15. The van der Waals surface area contributed by atoms with Gasteiger partial charge in [-0.15, -0.1) is 0 Å². The molecule has 12 heavy (non-hydrogen) atoms. The number of hydrogen-bond donors (Lipinski definition) is 0. The van der Waals surface area contributed by atoms with E-state index < -0.39 is 0 Å². The van der Waals surface area contributed by atoms with Gasteiger partial charge in [-0.3, -0.25) is 4.79 Å². The van der Waals surface area contributed by atoms with Crippen LogP contribution in [0.15, 0.2) is 18.3 Å². The molecule has 0 bridgehead atoms. The molecular weight excluding hydrogens is 152 g/mol. The Balaban J connectivity index is 2.88. The fourth-order valence-corrected chi connectivity index (χ4v) is 1.20. The summed E-state index contributed by atoms with van der Waals surface area (Å²) in [6.45, 7) is 3.56. The minimum atomic E-state index is -0.0845. The second kappa shape index (κ2) is 3.95. The SMILES string of the molecule is CCC(C(C)=O)c1cccnn1. The third-order valence-electron chi connectivity index (χ3n) is 1.85. The monoisotopic (exact) mass is 164 g/mol. The molecule has 1 unspecified atom stereocenters. The Morgan fingerprint density at radius 3 is 2.83 bits per heavy atom. The van der Waals surface area contributed by atoms with E-state index in [1.54, 1.807) is 19.2 Å². The largest absolute Gasteiger partial charge is 0.299 e. The summed E-state index contributed by atoms with van der Waals surface area (Å²) in [6.07, 6.45) is 2.39. The van der Waals surface area contributed by atoms with Crippen LogP contribution in [0.25, 0.3) is 0 Å². The molecule has 0 fully saturated rings. The van der Waals surface area contributed by atoms with Gasteiger partial charge in [-0.1, -0.05) is 6.92 Å². The van der Waals surface area contributed by atoms with Crippen LogP contribution in [0.4, 0.5) is 0 Å². The van der Waals surface area contributed by atoms with E-state index >= 15 is 0 Å². The number of aromatic nitrogens is 2. The quantitative estimate of drug-likeness (QED) is 0.680. The Kier molecular flexibility index (Phi) is 2.91. The van der Waals surface area contributed by atoms with Crippen LogP contribution in [0, 0.1) is 0 Å². The summed E-state index contributed by atoms with van der Waals surface area (Å²) >= 11 is 0. The van der Waals surface area contributed by atoms with Crippen molar-refractivity contribution >= 4 is 5.78 Å². The number of ketones is 1. The number of carbonyl (C=O) groups is 1. The molecule has 0 aliphatic rings. The van der Waals surface area contributed by atoms with Crippen LogP contribution in [0.1, 0.15) is 31.9 Å². The molecule has 0 aromatic carbocycles. The summed E-state index contributed by atoms with van der Waals surface area (Å²) < 4.78 is 0. The van der Waals surface area contributed by atoms with Gasteiger partial charge in [-0.05, 0) is 25.5 Å². The van der Waals surface area contributed by atoms with Gasteiger partial charge in [0, 0.05) is 6.20 Å². The second-order valence-electron chi connectivity index (χ2n) is 2.72. The molecule has 1 heterocycles. The van der Waals surface area contributed by atoms with Gasteiger partial charge < -0.3 is 0 Å². The Morgan fingerprint density at radius 2 is 2.42 bits per heavy atom. The van der Waals surface area contributed by atoms with Crippen LogP contribution in [-0.2, 0) is 4.79 Å². The highest BCUT2D eigenvalue weighted by Crippen LogP contribution is 2.16. The average molecular weight is 164 g/mol. The Labute approximate surface area is 71.8 Å². The maximum Gasteiger partial charge on any atom is 0.138 e. The topological polar surface area (TPSA) is 42.9 Å². The van der Waals surface area contributed by atoms with E-state index in [0.29, 0.717) is 0 Å².